The topological polar surface area (TPSA) is 33.7 Å². The first-order valence-electron chi connectivity index (χ1n) is 8.08. The molecule has 0 spiro atoms. The van der Waals surface area contributed by atoms with Gasteiger partial charge in [-0.15, -0.1) is 0 Å². The summed E-state index contributed by atoms with van der Waals surface area (Å²) in [5, 5.41) is 3.35. The van der Waals surface area contributed by atoms with Crippen molar-refractivity contribution in [1.29, 1.82) is 0 Å². The van der Waals surface area contributed by atoms with Crippen molar-refractivity contribution >= 4 is 0 Å². The smallest absolute Gasteiger partial charge is 0.123 e. The van der Waals surface area contributed by atoms with Gasteiger partial charge < -0.3 is 14.8 Å². The Hall–Kier alpha value is -1.10. The fraction of sp³-hybridized carbons (Fsp3) is 0.647. The monoisotopic (exact) mass is 292 g/mol. The zero-order chi connectivity index (χ0) is 14.9. The van der Waals surface area contributed by atoms with Crippen LogP contribution in [-0.4, -0.2) is 50.4 Å². The first-order chi connectivity index (χ1) is 10.3. The van der Waals surface area contributed by atoms with Gasteiger partial charge in [0.15, 0.2) is 0 Å². The van der Waals surface area contributed by atoms with Gasteiger partial charge in [0.1, 0.15) is 12.4 Å². The van der Waals surface area contributed by atoms with Crippen LogP contribution in [0.2, 0.25) is 0 Å². The normalized spacial score (nSPS) is 19.6. The van der Waals surface area contributed by atoms with E-state index in [2.05, 4.69) is 42.3 Å². The molecule has 4 nitrogen and oxygen atoms in total. The molecule has 2 rings (SSSR count). The molecule has 0 aromatic heterocycles. The van der Waals surface area contributed by atoms with Crippen molar-refractivity contribution in [3.63, 3.8) is 0 Å². The van der Waals surface area contributed by atoms with E-state index in [0.717, 1.165) is 58.1 Å². The van der Waals surface area contributed by atoms with E-state index in [1.54, 1.807) is 0 Å². The quantitative estimate of drug-likeness (QED) is 0.797. The van der Waals surface area contributed by atoms with Crippen molar-refractivity contribution in [3.05, 3.63) is 29.8 Å². The maximum absolute atomic E-state index is 5.98. The number of ether oxygens (including phenoxy) is 2. The Bertz CT molecular complexity index is 412. The zero-order valence-electron chi connectivity index (χ0n) is 13.3. The molecule has 1 atom stereocenters. The number of nitrogens with zero attached hydrogens (tertiary/aromatic N) is 1. The van der Waals surface area contributed by atoms with Crippen molar-refractivity contribution < 1.29 is 9.47 Å². The van der Waals surface area contributed by atoms with Gasteiger partial charge >= 0.3 is 0 Å². The van der Waals surface area contributed by atoms with Crippen LogP contribution in [0.5, 0.6) is 5.75 Å². The SMILES string of the molecule is CCNCc1ccccc1OCCN1CCOC(CC)C1. The lowest BCUT2D eigenvalue weighted by molar-refractivity contribution is -0.0324. The Morgan fingerprint density at radius 2 is 2.19 bits per heavy atom. The van der Waals surface area contributed by atoms with E-state index in [9.17, 15) is 0 Å². The maximum Gasteiger partial charge on any atom is 0.123 e. The summed E-state index contributed by atoms with van der Waals surface area (Å²) in [6.07, 6.45) is 1.47. The third-order valence-electron chi connectivity index (χ3n) is 3.88. The molecule has 0 aliphatic carbocycles. The average molecular weight is 292 g/mol. The standard InChI is InChI=1S/C17H28N2O2/c1-3-16-14-19(9-11-20-16)10-12-21-17-8-6-5-7-15(17)13-18-4-2/h5-8,16,18H,3-4,9-14H2,1-2H3. The van der Waals surface area contributed by atoms with Crippen molar-refractivity contribution in [2.75, 3.05) is 39.4 Å². The molecule has 0 bridgehead atoms. The molecule has 1 N–H and O–H groups in total. The molecule has 4 heteroatoms. The second kappa shape index (κ2) is 9.03. The number of rotatable bonds is 8. The first-order valence-corrected chi connectivity index (χ1v) is 8.08. The van der Waals surface area contributed by atoms with Gasteiger partial charge in [0.05, 0.1) is 12.7 Å². The van der Waals surface area contributed by atoms with Gasteiger partial charge in [-0.25, -0.2) is 0 Å². The van der Waals surface area contributed by atoms with E-state index in [-0.39, 0.29) is 0 Å². The third kappa shape index (κ3) is 5.30. The van der Waals surface area contributed by atoms with Gasteiger partial charge in [0, 0.05) is 31.7 Å². The van der Waals surface area contributed by atoms with Gasteiger partial charge in [-0.2, -0.15) is 0 Å². The molecule has 1 aliphatic rings. The number of para-hydroxylation sites is 1. The minimum absolute atomic E-state index is 0.389. The summed E-state index contributed by atoms with van der Waals surface area (Å²) in [6.45, 7) is 10.7. The van der Waals surface area contributed by atoms with E-state index in [1.165, 1.54) is 5.56 Å². The zero-order valence-corrected chi connectivity index (χ0v) is 13.3. The number of nitrogens with one attached hydrogen (secondary N) is 1. The van der Waals surface area contributed by atoms with Crippen molar-refractivity contribution in [2.24, 2.45) is 0 Å². The van der Waals surface area contributed by atoms with Gasteiger partial charge in [-0.3, -0.25) is 4.90 Å². The number of hydrogen-bond donors (Lipinski definition) is 1. The van der Waals surface area contributed by atoms with Crippen LogP contribution in [0.15, 0.2) is 24.3 Å². The van der Waals surface area contributed by atoms with Gasteiger partial charge in [0.2, 0.25) is 0 Å². The summed E-state index contributed by atoms with van der Waals surface area (Å²) < 4.78 is 11.7. The molecule has 0 amide bonds. The van der Waals surface area contributed by atoms with Crippen LogP contribution in [0.1, 0.15) is 25.8 Å². The molecule has 1 heterocycles. The molecule has 1 aromatic rings. The third-order valence-corrected chi connectivity index (χ3v) is 3.88. The Balaban J connectivity index is 1.77. The van der Waals surface area contributed by atoms with Crippen molar-refractivity contribution in [1.82, 2.24) is 10.2 Å². The van der Waals surface area contributed by atoms with Crippen LogP contribution >= 0.6 is 0 Å². The molecule has 1 unspecified atom stereocenters. The molecule has 1 saturated heterocycles. The lowest BCUT2D eigenvalue weighted by Gasteiger charge is -2.32. The Morgan fingerprint density at radius 3 is 3.00 bits per heavy atom. The van der Waals surface area contributed by atoms with Crippen molar-refractivity contribution in [2.45, 2.75) is 32.9 Å². The minimum atomic E-state index is 0.389. The first kappa shape index (κ1) is 16.3. The van der Waals surface area contributed by atoms with Crippen LogP contribution in [0, 0.1) is 0 Å². The summed E-state index contributed by atoms with van der Waals surface area (Å²) in [5.41, 5.74) is 1.23. The summed E-state index contributed by atoms with van der Waals surface area (Å²) >= 11 is 0. The second-order valence-electron chi connectivity index (χ2n) is 5.44. The Kier molecular flexibility index (Phi) is 7.00. The highest BCUT2D eigenvalue weighted by molar-refractivity contribution is 5.33. The highest BCUT2D eigenvalue weighted by Crippen LogP contribution is 2.17. The van der Waals surface area contributed by atoms with Crippen LogP contribution in [0.3, 0.4) is 0 Å². The van der Waals surface area contributed by atoms with E-state index in [0.29, 0.717) is 6.10 Å². The van der Waals surface area contributed by atoms with E-state index < -0.39 is 0 Å². The molecule has 1 aromatic carbocycles. The number of morpholine rings is 1. The summed E-state index contributed by atoms with van der Waals surface area (Å²) in [5.74, 6) is 0.999. The van der Waals surface area contributed by atoms with Crippen LogP contribution < -0.4 is 10.1 Å². The lowest BCUT2D eigenvalue weighted by atomic mass is 10.2. The van der Waals surface area contributed by atoms with Gasteiger partial charge in [0.25, 0.3) is 0 Å². The molecule has 118 valence electrons. The molecule has 1 aliphatic heterocycles. The molecule has 21 heavy (non-hydrogen) atoms. The second-order valence-corrected chi connectivity index (χ2v) is 5.44. The highest BCUT2D eigenvalue weighted by atomic mass is 16.5. The fourth-order valence-corrected chi connectivity index (χ4v) is 2.57. The Morgan fingerprint density at radius 1 is 1.33 bits per heavy atom. The van der Waals surface area contributed by atoms with Crippen molar-refractivity contribution in [3.8, 4) is 5.75 Å². The van der Waals surface area contributed by atoms with Crippen LogP contribution in [-0.2, 0) is 11.3 Å². The van der Waals surface area contributed by atoms with Crippen LogP contribution in [0.25, 0.3) is 0 Å². The van der Waals surface area contributed by atoms with E-state index in [4.69, 9.17) is 9.47 Å². The highest BCUT2D eigenvalue weighted by Gasteiger charge is 2.18. The molecular formula is C17H28N2O2. The minimum Gasteiger partial charge on any atom is -0.492 e. The summed E-state index contributed by atoms with van der Waals surface area (Å²) in [7, 11) is 0. The maximum atomic E-state index is 5.98. The van der Waals surface area contributed by atoms with Crippen LogP contribution in [0.4, 0.5) is 0 Å². The molecule has 0 radical (unpaired) electrons. The summed E-state index contributed by atoms with van der Waals surface area (Å²) in [4.78, 5) is 2.44. The summed E-state index contributed by atoms with van der Waals surface area (Å²) in [6, 6.07) is 8.28. The van der Waals surface area contributed by atoms with E-state index in [1.807, 2.05) is 6.07 Å². The van der Waals surface area contributed by atoms with Gasteiger partial charge in [-0.05, 0) is 19.0 Å². The van der Waals surface area contributed by atoms with Gasteiger partial charge in [-0.1, -0.05) is 32.0 Å². The number of benzene rings is 1. The predicted molar refractivity (Wildman–Crippen MR) is 85.8 cm³/mol. The average Bonchev–Trinajstić information content (AvgIpc) is 2.54. The molecule has 0 saturated carbocycles. The largest absolute Gasteiger partial charge is 0.492 e. The number of hydrogen-bond acceptors (Lipinski definition) is 4. The lowest BCUT2D eigenvalue weighted by Crippen LogP contribution is -2.43. The Labute approximate surface area is 128 Å². The molecular weight excluding hydrogens is 264 g/mol. The predicted octanol–water partition coefficient (Wildman–Crippen LogP) is 2.29. The fourth-order valence-electron chi connectivity index (χ4n) is 2.57. The van der Waals surface area contributed by atoms with E-state index >= 15 is 0 Å². The molecule has 1 fully saturated rings.